The molecular weight excluding hydrogens is 320 g/mol. The summed E-state index contributed by atoms with van der Waals surface area (Å²) in [6, 6.07) is 6.33. The van der Waals surface area contributed by atoms with Crippen molar-refractivity contribution in [2.75, 3.05) is 46.8 Å². The molecule has 0 radical (unpaired) electrons. The predicted octanol–water partition coefficient (Wildman–Crippen LogP) is 0.751. The maximum absolute atomic E-state index is 12.0. The van der Waals surface area contributed by atoms with E-state index in [-0.39, 0.29) is 24.4 Å². The van der Waals surface area contributed by atoms with Crippen LogP contribution in [0.15, 0.2) is 24.3 Å². The molecule has 0 saturated carbocycles. The van der Waals surface area contributed by atoms with Crippen LogP contribution < -0.4 is 10.6 Å². The highest BCUT2D eigenvalue weighted by Gasteiger charge is 2.20. The lowest BCUT2D eigenvalue weighted by molar-refractivity contribution is 0.166. The number of aliphatic hydroxyl groups is 1. The van der Waals surface area contributed by atoms with Gasteiger partial charge in [-0.15, -0.1) is 0 Å². The second-order valence-corrected chi connectivity index (χ2v) is 6.88. The molecule has 0 aromatic heterocycles. The van der Waals surface area contributed by atoms with Gasteiger partial charge in [0.1, 0.15) is 5.75 Å². The second-order valence-electron chi connectivity index (χ2n) is 6.88. The van der Waals surface area contributed by atoms with E-state index in [1.165, 1.54) is 6.07 Å². The first-order valence-electron chi connectivity index (χ1n) is 8.82. The van der Waals surface area contributed by atoms with Crippen LogP contribution in [0.5, 0.6) is 5.75 Å². The van der Waals surface area contributed by atoms with Gasteiger partial charge in [0.25, 0.3) is 0 Å². The Labute approximate surface area is 149 Å². The number of nitrogens with one attached hydrogen (secondary N) is 2. The molecular formula is C18H30N4O3. The summed E-state index contributed by atoms with van der Waals surface area (Å²) < 4.78 is 0. The van der Waals surface area contributed by atoms with Gasteiger partial charge in [0.2, 0.25) is 0 Å². The average Bonchev–Trinajstić information content (AvgIpc) is 2.59. The van der Waals surface area contributed by atoms with Gasteiger partial charge in [-0.2, -0.15) is 0 Å². The van der Waals surface area contributed by atoms with Crippen LogP contribution in [0.4, 0.5) is 4.79 Å². The third kappa shape index (κ3) is 6.89. The average molecular weight is 350 g/mol. The Morgan fingerprint density at radius 1 is 1.36 bits per heavy atom. The summed E-state index contributed by atoms with van der Waals surface area (Å²) in [4.78, 5) is 16.6. The number of urea groups is 1. The largest absolute Gasteiger partial charge is 0.508 e. The molecule has 1 saturated heterocycles. The monoisotopic (exact) mass is 350 g/mol. The molecule has 25 heavy (non-hydrogen) atoms. The first kappa shape index (κ1) is 19.5. The zero-order valence-electron chi connectivity index (χ0n) is 15.1. The van der Waals surface area contributed by atoms with Crippen molar-refractivity contribution in [3.8, 4) is 5.75 Å². The molecule has 1 unspecified atom stereocenters. The number of piperidine rings is 1. The van der Waals surface area contributed by atoms with Gasteiger partial charge in [-0.1, -0.05) is 12.1 Å². The summed E-state index contributed by atoms with van der Waals surface area (Å²) in [5.41, 5.74) is 0.578. The topological polar surface area (TPSA) is 88.1 Å². The molecule has 4 N–H and O–H groups in total. The maximum atomic E-state index is 12.0. The van der Waals surface area contributed by atoms with Crippen molar-refractivity contribution in [1.29, 1.82) is 0 Å². The molecule has 7 heteroatoms. The summed E-state index contributed by atoms with van der Waals surface area (Å²) in [6.07, 6.45) is 1.04. The number of aliphatic hydroxyl groups excluding tert-OH is 1. The maximum Gasteiger partial charge on any atom is 0.315 e. The second kappa shape index (κ2) is 9.60. The molecule has 1 aromatic rings. The van der Waals surface area contributed by atoms with Gasteiger partial charge in [0, 0.05) is 38.8 Å². The highest BCUT2D eigenvalue weighted by molar-refractivity contribution is 5.74. The van der Waals surface area contributed by atoms with Gasteiger partial charge in [0.05, 0.1) is 6.10 Å². The van der Waals surface area contributed by atoms with Crippen molar-refractivity contribution in [1.82, 2.24) is 20.4 Å². The van der Waals surface area contributed by atoms with E-state index >= 15 is 0 Å². The standard InChI is InChI=1S/C18H30N4O3/c1-21(2)10-11-22-8-6-15(7-9-22)20-18(25)19-13-17(24)14-4-3-5-16(23)12-14/h3-5,12,15,17,23-24H,6-11,13H2,1-2H3,(H2,19,20,25). The number of amides is 2. The third-order valence-corrected chi connectivity index (χ3v) is 4.50. The van der Waals surface area contributed by atoms with Crippen LogP contribution in [-0.4, -0.2) is 78.9 Å². The van der Waals surface area contributed by atoms with Gasteiger partial charge in [-0.25, -0.2) is 4.79 Å². The van der Waals surface area contributed by atoms with Gasteiger partial charge >= 0.3 is 6.03 Å². The Bertz CT molecular complexity index is 545. The van der Waals surface area contributed by atoms with Crippen LogP contribution in [0.2, 0.25) is 0 Å². The molecule has 140 valence electrons. The number of carbonyl (C=O) groups is 1. The lowest BCUT2D eigenvalue weighted by Gasteiger charge is -2.33. The van der Waals surface area contributed by atoms with Crippen LogP contribution in [0, 0.1) is 0 Å². The van der Waals surface area contributed by atoms with E-state index in [9.17, 15) is 15.0 Å². The number of hydrogen-bond acceptors (Lipinski definition) is 5. The van der Waals surface area contributed by atoms with E-state index in [0.29, 0.717) is 5.56 Å². The normalized spacial score (nSPS) is 17.4. The Balaban J connectivity index is 1.66. The number of hydrogen-bond donors (Lipinski definition) is 4. The van der Waals surface area contributed by atoms with Gasteiger partial charge < -0.3 is 30.6 Å². The molecule has 1 aromatic carbocycles. The molecule has 2 amide bonds. The first-order chi connectivity index (χ1) is 11.9. The first-order valence-corrected chi connectivity index (χ1v) is 8.82. The van der Waals surface area contributed by atoms with Gasteiger partial charge in [-0.3, -0.25) is 0 Å². The SMILES string of the molecule is CN(C)CCN1CCC(NC(=O)NCC(O)c2cccc(O)c2)CC1. The smallest absolute Gasteiger partial charge is 0.315 e. The molecule has 1 aliphatic rings. The number of phenols is 1. The summed E-state index contributed by atoms with van der Waals surface area (Å²) in [5, 5.41) is 25.2. The lowest BCUT2D eigenvalue weighted by Crippen LogP contribution is -2.49. The highest BCUT2D eigenvalue weighted by atomic mass is 16.3. The Morgan fingerprint density at radius 3 is 2.72 bits per heavy atom. The molecule has 1 fully saturated rings. The van der Waals surface area contributed by atoms with Crippen molar-refractivity contribution in [2.45, 2.75) is 25.0 Å². The number of likely N-dealkylation sites (N-methyl/N-ethyl adjacent to an activating group) is 1. The van der Waals surface area contributed by atoms with Gasteiger partial charge in [0.15, 0.2) is 0 Å². The Kier molecular flexibility index (Phi) is 7.49. The zero-order valence-corrected chi connectivity index (χ0v) is 15.1. The Hall–Kier alpha value is -1.83. The zero-order chi connectivity index (χ0) is 18.2. The summed E-state index contributed by atoms with van der Waals surface area (Å²) in [6.45, 7) is 4.19. The number of rotatable bonds is 7. The van der Waals surface area contributed by atoms with Crippen LogP contribution >= 0.6 is 0 Å². The molecule has 0 spiro atoms. The fraction of sp³-hybridized carbons (Fsp3) is 0.611. The van der Waals surface area contributed by atoms with Crippen molar-refractivity contribution < 1.29 is 15.0 Å². The molecule has 1 atom stereocenters. The van der Waals surface area contributed by atoms with E-state index in [1.54, 1.807) is 18.2 Å². The number of carbonyl (C=O) groups excluding carboxylic acids is 1. The molecule has 1 aliphatic heterocycles. The highest BCUT2D eigenvalue weighted by Crippen LogP contribution is 2.17. The number of phenolic OH excluding ortho intramolecular Hbond substituents is 1. The van der Waals surface area contributed by atoms with E-state index in [1.807, 2.05) is 0 Å². The fourth-order valence-corrected chi connectivity index (χ4v) is 2.92. The number of nitrogens with zero attached hydrogens (tertiary/aromatic N) is 2. The fourth-order valence-electron chi connectivity index (χ4n) is 2.92. The number of aromatic hydroxyl groups is 1. The molecule has 7 nitrogen and oxygen atoms in total. The summed E-state index contributed by atoms with van der Waals surface area (Å²) in [5.74, 6) is 0.0991. The third-order valence-electron chi connectivity index (χ3n) is 4.50. The van der Waals surface area contributed by atoms with Gasteiger partial charge in [-0.05, 0) is 44.6 Å². The predicted molar refractivity (Wildman–Crippen MR) is 97.6 cm³/mol. The van der Waals surface area contributed by atoms with E-state index in [4.69, 9.17) is 0 Å². The van der Waals surface area contributed by atoms with E-state index in [2.05, 4.69) is 34.5 Å². The van der Waals surface area contributed by atoms with Crippen LogP contribution in [0.3, 0.4) is 0 Å². The van der Waals surface area contributed by atoms with Crippen molar-refractivity contribution in [2.24, 2.45) is 0 Å². The quantitative estimate of drug-likeness (QED) is 0.583. The lowest BCUT2D eigenvalue weighted by atomic mass is 10.1. The number of likely N-dealkylation sites (tertiary alicyclic amines) is 1. The summed E-state index contributed by atoms with van der Waals surface area (Å²) >= 11 is 0. The molecule has 0 aliphatic carbocycles. The van der Waals surface area contributed by atoms with Crippen molar-refractivity contribution >= 4 is 6.03 Å². The van der Waals surface area contributed by atoms with Crippen molar-refractivity contribution in [3.63, 3.8) is 0 Å². The van der Waals surface area contributed by atoms with Crippen molar-refractivity contribution in [3.05, 3.63) is 29.8 Å². The minimum absolute atomic E-state index is 0.0991. The minimum Gasteiger partial charge on any atom is -0.508 e. The Morgan fingerprint density at radius 2 is 2.08 bits per heavy atom. The summed E-state index contributed by atoms with van der Waals surface area (Å²) in [7, 11) is 4.15. The molecule has 0 bridgehead atoms. The minimum atomic E-state index is -0.842. The molecule has 2 rings (SSSR count). The molecule has 1 heterocycles. The van der Waals surface area contributed by atoms with E-state index < -0.39 is 6.10 Å². The van der Waals surface area contributed by atoms with Crippen LogP contribution in [-0.2, 0) is 0 Å². The number of benzene rings is 1. The van der Waals surface area contributed by atoms with Crippen LogP contribution in [0.1, 0.15) is 24.5 Å². The van der Waals surface area contributed by atoms with E-state index in [0.717, 1.165) is 39.0 Å². The van der Waals surface area contributed by atoms with Crippen LogP contribution in [0.25, 0.3) is 0 Å².